The van der Waals surface area contributed by atoms with E-state index in [1.54, 1.807) is 152 Å². The lowest BCUT2D eigenvalue weighted by molar-refractivity contribution is 0.200. The second kappa shape index (κ2) is 4.73. The first-order chi connectivity index (χ1) is 22.2. The van der Waals surface area contributed by atoms with Crippen molar-refractivity contribution in [2.24, 2.45) is 11.3 Å². The molecule has 0 nitrogen and oxygen atoms in total. The van der Waals surface area contributed by atoms with Gasteiger partial charge in [0.2, 0.25) is 0 Å². The van der Waals surface area contributed by atoms with Crippen LogP contribution in [0.5, 0.6) is 0 Å². The molecule has 0 saturated heterocycles. The molecule has 202 valence electrons. The van der Waals surface area contributed by atoms with E-state index in [2.05, 4.69) is 37.3 Å². The zero-order valence-electron chi connectivity index (χ0n) is 24.8. The lowest BCUT2D eigenvalue weighted by Gasteiger charge is -2.51. The van der Waals surface area contributed by atoms with Gasteiger partial charge in [0.25, 0.3) is 0 Å². The van der Waals surface area contributed by atoms with Crippen LogP contribution in [0.25, 0.3) is 114 Å². The van der Waals surface area contributed by atoms with E-state index in [0.29, 0.717) is 11.3 Å². The summed E-state index contributed by atoms with van der Waals surface area (Å²) in [4.78, 5) is 0. The Morgan fingerprint density at radius 3 is 1.60 bits per heavy atom. The monoisotopic (exact) mass is 562 g/mol. The van der Waals surface area contributed by atoms with Crippen LogP contribution in [0.15, 0.2) is 24.3 Å². The predicted octanol–water partition coefficient (Wildman–Crippen LogP) is 10.2. The van der Waals surface area contributed by atoms with Crippen molar-refractivity contribution in [3.63, 3.8) is 0 Å². The zero-order chi connectivity index (χ0) is 27.7. The molecule has 45 heavy (non-hydrogen) atoms. The summed E-state index contributed by atoms with van der Waals surface area (Å²) in [6, 6.07) is 10.9. The maximum atomic E-state index is 2.94. The minimum atomic E-state index is 0.130. The van der Waals surface area contributed by atoms with E-state index in [1.807, 2.05) is 5.56 Å². The molecule has 11 aromatic rings. The van der Waals surface area contributed by atoms with Crippen molar-refractivity contribution in [3.8, 4) is 0 Å². The zero-order valence-corrected chi connectivity index (χ0v) is 24.8. The molecule has 4 unspecified atom stereocenters. The normalized spacial score (nSPS) is 29.3. The van der Waals surface area contributed by atoms with Crippen molar-refractivity contribution >= 4 is 114 Å². The standard InChI is InChI=1S/C45H22/c1-44-3-2-13(11-44)42-21-10-19-8-17-6-15-4-14-5-16-7-18-9-20-12-45(42,44)43-40-28(20)24(18)32-26(16)30-22(14)23(15)31-27(17)33-25(19)29(21)41(43)39-37(33)35(31)34(30)36(32)38(39)40/h5-6,9-10,12-13,42H,2-4,7-8,11H2,1H3. The van der Waals surface area contributed by atoms with Crippen LogP contribution in [-0.4, -0.2) is 0 Å². The summed E-state index contributed by atoms with van der Waals surface area (Å²) in [5.74, 6) is 1.44. The Labute approximate surface area is 255 Å². The van der Waals surface area contributed by atoms with E-state index in [9.17, 15) is 0 Å². The SMILES string of the molecule is CC12CCC(C1)C1c3cc4c5c3c3c6c7c8c(cc9c8c8c%10c(cc%11c%12c%13c(cc(c%14c5c5c3c7c8c(c%12%10)c5c%13%14)C4)C%11)C9)=CC612. The van der Waals surface area contributed by atoms with Gasteiger partial charge in [-0.25, -0.2) is 0 Å². The van der Waals surface area contributed by atoms with E-state index in [4.69, 9.17) is 0 Å². The molecular formula is C45H22. The first-order valence-electron chi connectivity index (χ1n) is 17.7. The molecule has 0 N–H and O–H groups in total. The van der Waals surface area contributed by atoms with E-state index in [-0.39, 0.29) is 5.41 Å². The largest absolute Gasteiger partial charge is 0.0648 e. The highest BCUT2D eigenvalue weighted by Crippen LogP contribution is 2.78. The first-order valence-corrected chi connectivity index (χ1v) is 17.7. The minimum Gasteiger partial charge on any atom is -0.0648 e. The summed E-state index contributed by atoms with van der Waals surface area (Å²) in [5, 5.41) is 35.1. The van der Waals surface area contributed by atoms with Crippen LogP contribution < -0.4 is 5.22 Å². The fourth-order valence-corrected chi connectivity index (χ4v) is 16.0. The molecule has 2 saturated carbocycles. The lowest BCUT2D eigenvalue weighted by Crippen LogP contribution is -2.46. The van der Waals surface area contributed by atoms with Gasteiger partial charge >= 0.3 is 0 Å². The summed E-state index contributed by atoms with van der Waals surface area (Å²) in [7, 11) is 0. The topological polar surface area (TPSA) is 0 Å². The van der Waals surface area contributed by atoms with Crippen LogP contribution in [0.4, 0.5) is 0 Å². The van der Waals surface area contributed by atoms with Crippen molar-refractivity contribution in [3.05, 3.63) is 74.0 Å². The third-order valence-corrected chi connectivity index (χ3v) is 16.6. The van der Waals surface area contributed by atoms with Gasteiger partial charge in [0, 0.05) is 11.3 Å². The average Bonchev–Trinajstić information content (AvgIpc) is 3.87. The Morgan fingerprint density at radius 2 is 0.956 bits per heavy atom. The highest BCUT2D eigenvalue weighted by Gasteiger charge is 2.68. The Hall–Kier alpha value is -4.42. The molecule has 7 aliphatic carbocycles. The summed E-state index contributed by atoms with van der Waals surface area (Å²) in [6.07, 6.45) is 10.5. The van der Waals surface area contributed by atoms with Gasteiger partial charge in [0.1, 0.15) is 0 Å². The van der Waals surface area contributed by atoms with Crippen molar-refractivity contribution in [2.45, 2.75) is 56.8 Å². The number of benzene rings is 6. The van der Waals surface area contributed by atoms with Gasteiger partial charge in [-0.3, -0.25) is 0 Å². The van der Waals surface area contributed by atoms with Gasteiger partial charge in [-0.15, -0.1) is 0 Å². The first kappa shape index (κ1) is 19.2. The average molecular weight is 563 g/mol. The van der Waals surface area contributed by atoms with E-state index < -0.39 is 0 Å². The van der Waals surface area contributed by atoms with Gasteiger partial charge in [-0.2, -0.15) is 0 Å². The summed E-state index contributed by atoms with van der Waals surface area (Å²) in [5.41, 5.74) is 13.8. The number of hydrogen-bond acceptors (Lipinski definition) is 0. The van der Waals surface area contributed by atoms with Crippen molar-refractivity contribution in [1.82, 2.24) is 0 Å². The van der Waals surface area contributed by atoms with E-state index in [0.717, 1.165) is 25.2 Å². The summed E-state index contributed by atoms with van der Waals surface area (Å²) >= 11 is 0. The highest BCUT2D eigenvalue weighted by atomic mass is 14.7. The van der Waals surface area contributed by atoms with Crippen LogP contribution in [0.3, 0.4) is 0 Å². The van der Waals surface area contributed by atoms with Gasteiger partial charge in [0.05, 0.1) is 0 Å². The minimum absolute atomic E-state index is 0.130. The van der Waals surface area contributed by atoms with Crippen LogP contribution >= 0.6 is 0 Å². The van der Waals surface area contributed by atoms with Crippen LogP contribution in [-0.2, 0) is 24.7 Å². The van der Waals surface area contributed by atoms with E-state index in [1.165, 1.54) is 19.3 Å². The van der Waals surface area contributed by atoms with Gasteiger partial charge in [0.15, 0.2) is 0 Å². The third kappa shape index (κ3) is 1.28. The molecule has 11 aromatic carbocycles. The van der Waals surface area contributed by atoms with Crippen LogP contribution in [0, 0.1) is 11.3 Å². The van der Waals surface area contributed by atoms with Crippen LogP contribution in [0.2, 0.25) is 0 Å². The molecule has 2 fully saturated rings. The fourth-order valence-electron chi connectivity index (χ4n) is 16.0. The second-order valence-corrected chi connectivity index (χ2v) is 17.6. The maximum absolute atomic E-state index is 2.94. The number of fused-ring (bicyclic) bond motifs is 4. The lowest BCUT2D eigenvalue weighted by atomic mass is 9.51. The van der Waals surface area contributed by atoms with Gasteiger partial charge in [-0.05, 0) is 207 Å². The molecule has 0 radical (unpaired) electrons. The molecule has 0 amide bonds. The number of rotatable bonds is 0. The molecule has 0 heteroatoms. The third-order valence-electron chi connectivity index (χ3n) is 16.6. The molecule has 18 rings (SSSR count). The van der Waals surface area contributed by atoms with Gasteiger partial charge in [-0.1, -0.05) is 37.3 Å². The molecule has 1 spiro atoms. The Morgan fingerprint density at radius 1 is 0.489 bits per heavy atom. The molecule has 0 aromatic heterocycles. The fraction of sp³-hybridized carbons (Fsp3) is 0.244. The quantitative estimate of drug-likeness (QED) is 0.161. The molecule has 2 bridgehead atoms. The van der Waals surface area contributed by atoms with Crippen molar-refractivity contribution < 1.29 is 0 Å². The summed E-state index contributed by atoms with van der Waals surface area (Å²) < 4.78 is 0. The van der Waals surface area contributed by atoms with Gasteiger partial charge < -0.3 is 0 Å². The van der Waals surface area contributed by atoms with Crippen molar-refractivity contribution in [1.29, 1.82) is 0 Å². The maximum Gasteiger partial charge on any atom is 0.0279 e. The molecule has 0 aliphatic heterocycles. The van der Waals surface area contributed by atoms with E-state index >= 15 is 0 Å². The second-order valence-electron chi connectivity index (χ2n) is 17.6. The Kier molecular flexibility index (Phi) is 2.02. The number of hydrogen-bond donors (Lipinski definition) is 0. The van der Waals surface area contributed by atoms with Crippen molar-refractivity contribution in [2.75, 3.05) is 0 Å². The highest BCUT2D eigenvalue weighted by molar-refractivity contribution is 6.63. The molecule has 0 heterocycles. The summed E-state index contributed by atoms with van der Waals surface area (Å²) in [6.45, 7) is 2.73. The molecule has 4 atom stereocenters. The van der Waals surface area contributed by atoms with Crippen LogP contribution in [0.1, 0.15) is 76.6 Å². The predicted molar refractivity (Wildman–Crippen MR) is 187 cm³/mol. The Balaban J connectivity index is 1.38. The Bertz CT molecular complexity index is 3550. The molecular weight excluding hydrogens is 540 g/mol. The smallest absolute Gasteiger partial charge is 0.0279 e. The molecule has 7 aliphatic rings.